The molecule has 0 saturated heterocycles. The van der Waals surface area contributed by atoms with E-state index >= 15 is 0 Å². The number of carbonyl (C=O) groups is 1. The first kappa shape index (κ1) is 23.1. The predicted molar refractivity (Wildman–Crippen MR) is 124 cm³/mol. The molecule has 6 nitrogen and oxygen atoms in total. The van der Waals surface area contributed by atoms with Crippen molar-refractivity contribution < 1.29 is 27.6 Å². The van der Waals surface area contributed by atoms with Gasteiger partial charge in [-0.2, -0.15) is 0 Å². The molecule has 0 radical (unpaired) electrons. The molecule has 1 saturated carbocycles. The summed E-state index contributed by atoms with van der Waals surface area (Å²) in [5.41, 5.74) is 4.49. The Morgan fingerprint density at radius 2 is 1.94 bits per heavy atom. The normalized spacial score (nSPS) is 16.1. The fraction of sp³-hybridized carbons (Fsp3) is 0.346. The molecule has 5 rings (SSSR count). The molecule has 4 aromatic rings. The molecule has 3 aromatic heterocycles. The number of nitrogens with zero attached hydrogens (tertiary/aromatic N) is 3. The summed E-state index contributed by atoms with van der Waals surface area (Å²) < 4.78 is 48.7. The van der Waals surface area contributed by atoms with Gasteiger partial charge in [0.25, 0.3) is 0 Å². The summed E-state index contributed by atoms with van der Waals surface area (Å²) in [5, 5.41) is 13.4. The Morgan fingerprint density at radius 3 is 2.60 bits per heavy atom. The molecular weight excluding hydrogens is 459 g/mol. The van der Waals surface area contributed by atoms with Gasteiger partial charge in [0.2, 0.25) is 5.92 Å². The molecule has 1 fully saturated rings. The third-order valence-electron chi connectivity index (χ3n) is 6.84. The lowest BCUT2D eigenvalue weighted by Gasteiger charge is -2.28. The van der Waals surface area contributed by atoms with Crippen molar-refractivity contribution in [2.24, 2.45) is 5.92 Å². The second-order valence-electron chi connectivity index (χ2n) is 9.29. The zero-order chi connectivity index (χ0) is 24.9. The number of hydrogen-bond acceptors (Lipinski definition) is 4. The summed E-state index contributed by atoms with van der Waals surface area (Å²) in [4.78, 5) is 16.2. The van der Waals surface area contributed by atoms with E-state index in [1.807, 2.05) is 30.7 Å². The van der Waals surface area contributed by atoms with Gasteiger partial charge < -0.3 is 14.2 Å². The SMILES string of the molecule is Cc1noc(C)c1-c1cnc2c(-c3ccc(F)c(C(=O)O)c3)cn(CC3CCC(F)(F)CC3)c2c1. The van der Waals surface area contributed by atoms with Gasteiger partial charge in [-0.1, -0.05) is 11.2 Å². The third kappa shape index (κ3) is 4.31. The number of carboxylic acid groups (broad SMARTS) is 1. The second-order valence-corrected chi connectivity index (χ2v) is 9.29. The van der Waals surface area contributed by atoms with Crippen LogP contribution in [-0.2, 0) is 6.54 Å². The number of carboxylic acids is 1. The lowest BCUT2D eigenvalue weighted by Crippen LogP contribution is -2.26. The first-order valence-corrected chi connectivity index (χ1v) is 11.5. The molecule has 0 bridgehead atoms. The van der Waals surface area contributed by atoms with Crippen molar-refractivity contribution >= 4 is 17.0 Å². The van der Waals surface area contributed by atoms with Crippen molar-refractivity contribution in [1.82, 2.24) is 14.7 Å². The minimum atomic E-state index is -2.61. The first-order chi connectivity index (χ1) is 16.6. The summed E-state index contributed by atoms with van der Waals surface area (Å²) in [6.07, 6.45) is 4.11. The van der Waals surface area contributed by atoms with Gasteiger partial charge in [-0.05, 0) is 56.4 Å². The van der Waals surface area contributed by atoms with Crippen molar-refractivity contribution in [3.8, 4) is 22.3 Å². The van der Waals surface area contributed by atoms with E-state index in [0.29, 0.717) is 41.8 Å². The van der Waals surface area contributed by atoms with Gasteiger partial charge in [0.15, 0.2) is 0 Å². The minimum Gasteiger partial charge on any atom is -0.478 e. The molecule has 3 heterocycles. The molecule has 1 aromatic carbocycles. The summed E-state index contributed by atoms with van der Waals surface area (Å²) in [6.45, 7) is 4.18. The van der Waals surface area contributed by atoms with Crippen molar-refractivity contribution in [1.29, 1.82) is 0 Å². The second kappa shape index (κ2) is 8.55. The number of halogens is 3. The summed E-state index contributed by atoms with van der Waals surface area (Å²) in [7, 11) is 0. The number of aromatic carboxylic acids is 1. The van der Waals surface area contributed by atoms with E-state index in [1.165, 1.54) is 12.1 Å². The number of pyridine rings is 1. The molecule has 9 heteroatoms. The van der Waals surface area contributed by atoms with Gasteiger partial charge in [0.1, 0.15) is 11.6 Å². The lowest BCUT2D eigenvalue weighted by molar-refractivity contribution is -0.0472. The largest absolute Gasteiger partial charge is 0.478 e. The third-order valence-corrected chi connectivity index (χ3v) is 6.84. The van der Waals surface area contributed by atoms with E-state index in [4.69, 9.17) is 4.52 Å². The molecular formula is C26H24F3N3O3. The molecule has 1 aliphatic carbocycles. The van der Waals surface area contributed by atoms with Crippen LogP contribution in [-0.4, -0.2) is 31.7 Å². The number of benzene rings is 1. The van der Waals surface area contributed by atoms with E-state index in [-0.39, 0.29) is 18.8 Å². The maximum absolute atomic E-state index is 14.0. The number of rotatable bonds is 5. The highest BCUT2D eigenvalue weighted by Gasteiger charge is 2.35. The van der Waals surface area contributed by atoms with Gasteiger partial charge in [0, 0.05) is 48.5 Å². The monoisotopic (exact) mass is 483 g/mol. The van der Waals surface area contributed by atoms with Gasteiger partial charge in [-0.25, -0.2) is 18.0 Å². The zero-order valence-electron chi connectivity index (χ0n) is 19.3. The van der Waals surface area contributed by atoms with Crippen molar-refractivity contribution in [2.75, 3.05) is 0 Å². The Hall–Kier alpha value is -3.62. The topological polar surface area (TPSA) is 81.2 Å². The number of aryl methyl sites for hydroxylation is 2. The zero-order valence-corrected chi connectivity index (χ0v) is 19.3. The molecule has 0 unspecified atom stereocenters. The average Bonchev–Trinajstić information content (AvgIpc) is 3.34. The first-order valence-electron chi connectivity index (χ1n) is 11.5. The highest BCUT2D eigenvalue weighted by Crippen LogP contribution is 2.39. The van der Waals surface area contributed by atoms with Gasteiger partial charge in [-0.3, -0.25) is 4.98 Å². The fourth-order valence-corrected chi connectivity index (χ4v) is 4.98. The highest BCUT2D eigenvalue weighted by atomic mass is 19.3. The van der Waals surface area contributed by atoms with Crippen LogP contribution in [0.5, 0.6) is 0 Å². The number of alkyl halides is 2. The van der Waals surface area contributed by atoms with E-state index < -0.39 is 23.3 Å². The van der Waals surface area contributed by atoms with Crippen LogP contribution in [0, 0.1) is 25.6 Å². The molecule has 35 heavy (non-hydrogen) atoms. The highest BCUT2D eigenvalue weighted by molar-refractivity contribution is 5.97. The van der Waals surface area contributed by atoms with Gasteiger partial charge >= 0.3 is 5.97 Å². The van der Waals surface area contributed by atoms with Crippen LogP contribution in [0.3, 0.4) is 0 Å². The fourth-order valence-electron chi connectivity index (χ4n) is 4.98. The van der Waals surface area contributed by atoms with Crippen LogP contribution in [0.4, 0.5) is 13.2 Å². The van der Waals surface area contributed by atoms with Crippen LogP contribution < -0.4 is 0 Å². The van der Waals surface area contributed by atoms with Crippen molar-refractivity contribution in [3.05, 3.63) is 59.5 Å². The number of fused-ring (bicyclic) bond motifs is 1. The summed E-state index contributed by atoms with van der Waals surface area (Å²) in [5.74, 6) is -4.06. The maximum Gasteiger partial charge on any atom is 0.338 e. The molecule has 0 amide bonds. The van der Waals surface area contributed by atoms with Crippen molar-refractivity contribution in [2.45, 2.75) is 52.0 Å². The molecule has 1 aliphatic rings. The van der Waals surface area contributed by atoms with Crippen LogP contribution in [0.15, 0.2) is 41.2 Å². The van der Waals surface area contributed by atoms with Crippen LogP contribution >= 0.6 is 0 Å². The van der Waals surface area contributed by atoms with Gasteiger partial charge in [0.05, 0.1) is 22.3 Å². The van der Waals surface area contributed by atoms with Crippen LogP contribution in [0.2, 0.25) is 0 Å². The number of aromatic nitrogens is 3. The maximum atomic E-state index is 14.0. The van der Waals surface area contributed by atoms with E-state index in [1.54, 1.807) is 6.20 Å². The quantitative estimate of drug-likeness (QED) is 0.344. The average molecular weight is 483 g/mol. The standard InChI is InChI=1S/C26H24F3N3O3/c1-14-23(15(2)35-31-14)18-10-22-24(30-11-18)20(17-3-4-21(27)19(9-17)25(33)34)13-32(22)12-16-5-7-26(28,29)8-6-16/h3-4,9-11,13,16H,5-8,12H2,1-2H3,(H,33,34). The molecule has 182 valence electrons. The minimum absolute atomic E-state index is 0.0728. The molecule has 1 N–H and O–H groups in total. The van der Waals surface area contributed by atoms with Crippen LogP contribution in [0.25, 0.3) is 33.3 Å². The van der Waals surface area contributed by atoms with Crippen molar-refractivity contribution in [3.63, 3.8) is 0 Å². The molecule has 0 aliphatic heterocycles. The Morgan fingerprint density at radius 1 is 1.20 bits per heavy atom. The van der Waals surface area contributed by atoms with Gasteiger partial charge in [-0.15, -0.1) is 0 Å². The summed E-state index contributed by atoms with van der Waals surface area (Å²) in [6, 6.07) is 5.90. The molecule has 0 atom stereocenters. The Kier molecular flexibility index (Phi) is 5.65. The number of hydrogen-bond donors (Lipinski definition) is 1. The lowest BCUT2D eigenvalue weighted by atomic mass is 9.87. The Balaban J connectivity index is 1.63. The summed E-state index contributed by atoms with van der Waals surface area (Å²) >= 11 is 0. The predicted octanol–water partition coefficient (Wildman–Crippen LogP) is 6.64. The Bertz CT molecular complexity index is 1410. The van der Waals surface area contributed by atoms with Crippen LogP contribution in [0.1, 0.15) is 47.5 Å². The smallest absolute Gasteiger partial charge is 0.338 e. The van der Waals surface area contributed by atoms with E-state index in [0.717, 1.165) is 28.4 Å². The molecule has 0 spiro atoms. The van der Waals surface area contributed by atoms with E-state index in [2.05, 4.69) is 10.1 Å². The van der Waals surface area contributed by atoms with E-state index in [9.17, 15) is 23.1 Å². The Labute approximate surface area is 199 Å².